The highest BCUT2D eigenvalue weighted by atomic mass is 19.2. The number of halogens is 2. The lowest BCUT2D eigenvalue weighted by Gasteiger charge is -2.14. The standard InChI is InChI=1S/C12H15F2N/c1-8(2)7-15-9(3)10-4-5-11(13)12(14)6-10/h4-6,9,15H,1,7H2,2-3H3. The number of rotatable bonds is 4. The second-order valence-electron chi connectivity index (χ2n) is 3.73. The maximum Gasteiger partial charge on any atom is 0.159 e. The van der Waals surface area contributed by atoms with Crippen LogP contribution in [0.2, 0.25) is 0 Å². The monoisotopic (exact) mass is 211 g/mol. The fraction of sp³-hybridized carbons (Fsp3) is 0.333. The van der Waals surface area contributed by atoms with Gasteiger partial charge >= 0.3 is 0 Å². The van der Waals surface area contributed by atoms with Crippen LogP contribution in [-0.4, -0.2) is 6.54 Å². The van der Waals surface area contributed by atoms with Crippen LogP contribution in [0.1, 0.15) is 25.5 Å². The van der Waals surface area contributed by atoms with E-state index in [-0.39, 0.29) is 6.04 Å². The van der Waals surface area contributed by atoms with E-state index in [4.69, 9.17) is 0 Å². The maximum absolute atomic E-state index is 12.9. The van der Waals surface area contributed by atoms with Crippen LogP contribution in [0.3, 0.4) is 0 Å². The van der Waals surface area contributed by atoms with Crippen molar-refractivity contribution >= 4 is 0 Å². The molecule has 0 radical (unpaired) electrons. The highest BCUT2D eigenvalue weighted by molar-refractivity contribution is 5.21. The van der Waals surface area contributed by atoms with Crippen molar-refractivity contribution in [1.82, 2.24) is 5.32 Å². The minimum Gasteiger partial charge on any atom is -0.306 e. The second-order valence-corrected chi connectivity index (χ2v) is 3.73. The van der Waals surface area contributed by atoms with Gasteiger partial charge in [-0.1, -0.05) is 18.2 Å². The fourth-order valence-electron chi connectivity index (χ4n) is 1.23. The molecule has 0 saturated heterocycles. The zero-order valence-electron chi connectivity index (χ0n) is 8.98. The van der Waals surface area contributed by atoms with Crippen molar-refractivity contribution in [2.24, 2.45) is 0 Å². The van der Waals surface area contributed by atoms with Crippen molar-refractivity contribution in [3.63, 3.8) is 0 Å². The zero-order chi connectivity index (χ0) is 11.4. The average Bonchev–Trinajstić information content (AvgIpc) is 2.18. The summed E-state index contributed by atoms with van der Waals surface area (Å²) in [6.45, 7) is 8.23. The summed E-state index contributed by atoms with van der Waals surface area (Å²) in [5.41, 5.74) is 1.74. The first-order chi connectivity index (χ1) is 7.00. The topological polar surface area (TPSA) is 12.0 Å². The van der Waals surface area contributed by atoms with E-state index in [2.05, 4.69) is 11.9 Å². The number of benzene rings is 1. The quantitative estimate of drug-likeness (QED) is 0.754. The van der Waals surface area contributed by atoms with Crippen LogP contribution in [-0.2, 0) is 0 Å². The van der Waals surface area contributed by atoms with E-state index < -0.39 is 11.6 Å². The Morgan fingerprint density at radius 2 is 2.07 bits per heavy atom. The highest BCUT2D eigenvalue weighted by Gasteiger charge is 2.08. The summed E-state index contributed by atoms with van der Waals surface area (Å²) in [6, 6.07) is 3.92. The predicted octanol–water partition coefficient (Wildman–Crippen LogP) is 3.19. The van der Waals surface area contributed by atoms with Gasteiger partial charge in [0.1, 0.15) is 0 Å². The molecule has 1 unspecified atom stereocenters. The summed E-state index contributed by atoms with van der Waals surface area (Å²) in [5, 5.41) is 3.16. The van der Waals surface area contributed by atoms with E-state index in [1.807, 2.05) is 13.8 Å². The van der Waals surface area contributed by atoms with Gasteiger partial charge in [-0.3, -0.25) is 0 Å². The molecule has 0 aliphatic rings. The van der Waals surface area contributed by atoms with Gasteiger partial charge in [0.05, 0.1) is 0 Å². The molecule has 0 spiro atoms. The lowest BCUT2D eigenvalue weighted by Crippen LogP contribution is -2.20. The van der Waals surface area contributed by atoms with Crippen molar-refractivity contribution in [3.05, 3.63) is 47.5 Å². The molecule has 15 heavy (non-hydrogen) atoms. The van der Waals surface area contributed by atoms with Crippen LogP contribution in [0.5, 0.6) is 0 Å². The minimum absolute atomic E-state index is 0.0169. The Morgan fingerprint density at radius 3 is 2.60 bits per heavy atom. The van der Waals surface area contributed by atoms with Crippen LogP contribution in [0.25, 0.3) is 0 Å². The van der Waals surface area contributed by atoms with Gasteiger partial charge in [0.25, 0.3) is 0 Å². The first-order valence-electron chi connectivity index (χ1n) is 4.83. The SMILES string of the molecule is C=C(C)CNC(C)c1ccc(F)c(F)c1. The Morgan fingerprint density at radius 1 is 1.40 bits per heavy atom. The molecule has 3 heteroatoms. The summed E-state index contributed by atoms with van der Waals surface area (Å²) < 4.78 is 25.6. The maximum atomic E-state index is 12.9. The second kappa shape index (κ2) is 5.03. The van der Waals surface area contributed by atoms with Crippen LogP contribution in [0.15, 0.2) is 30.4 Å². The Labute approximate surface area is 88.8 Å². The van der Waals surface area contributed by atoms with Crippen LogP contribution in [0, 0.1) is 11.6 Å². The molecule has 0 heterocycles. The molecule has 0 saturated carbocycles. The molecular formula is C12H15F2N. The van der Waals surface area contributed by atoms with Crippen molar-refractivity contribution in [2.45, 2.75) is 19.9 Å². The smallest absolute Gasteiger partial charge is 0.159 e. The molecule has 1 atom stereocenters. The average molecular weight is 211 g/mol. The van der Waals surface area contributed by atoms with Crippen LogP contribution >= 0.6 is 0 Å². The highest BCUT2D eigenvalue weighted by Crippen LogP contribution is 2.15. The van der Waals surface area contributed by atoms with Gasteiger partial charge in [0.2, 0.25) is 0 Å². The largest absolute Gasteiger partial charge is 0.306 e. The van der Waals surface area contributed by atoms with Gasteiger partial charge in [0, 0.05) is 12.6 Å². The van der Waals surface area contributed by atoms with Gasteiger partial charge < -0.3 is 5.32 Å². The Bertz CT molecular complexity index is 361. The van der Waals surface area contributed by atoms with Crippen molar-refractivity contribution in [2.75, 3.05) is 6.54 Å². The normalized spacial score (nSPS) is 12.5. The lowest BCUT2D eigenvalue weighted by molar-refractivity contribution is 0.502. The van der Waals surface area contributed by atoms with Gasteiger partial charge in [-0.05, 0) is 31.5 Å². The molecule has 82 valence electrons. The molecular weight excluding hydrogens is 196 g/mol. The number of nitrogens with one attached hydrogen (secondary N) is 1. The summed E-state index contributed by atoms with van der Waals surface area (Å²) in [6.07, 6.45) is 0. The van der Waals surface area contributed by atoms with Gasteiger partial charge in [0.15, 0.2) is 11.6 Å². The summed E-state index contributed by atoms with van der Waals surface area (Å²) >= 11 is 0. The summed E-state index contributed by atoms with van der Waals surface area (Å²) in [4.78, 5) is 0. The van der Waals surface area contributed by atoms with Crippen molar-refractivity contribution < 1.29 is 8.78 Å². The third kappa shape index (κ3) is 3.44. The van der Waals surface area contributed by atoms with Crippen LogP contribution < -0.4 is 5.32 Å². The van der Waals surface area contributed by atoms with Crippen molar-refractivity contribution in [1.29, 1.82) is 0 Å². The van der Waals surface area contributed by atoms with E-state index in [9.17, 15) is 8.78 Å². The van der Waals surface area contributed by atoms with Gasteiger partial charge in [-0.25, -0.2) is 8.78 Å². The first kappa shape index (κ1) is 11.9. The molecule has 0 aromatic heterocycles. The molecule has 1 aromatic carbocycles. The molecule has 0 amide bonds. The molecule has 1 rings (SSSR count). The summed E-state index contributed by atoms with van der Waals surface area (Å²) in [5.74, 6) is -1.62. The third-order valence-corrected chi connectivity index (χ3v) is 2.15. The molecule has 0 aliphatic heterocycles. The van der Waals surface area contributed by atoms with E-state index in [1.54, 1.807) is 6.07 Å². The van der Waals surface area contributed by atoms with Crippen molar-refractivity contribution in [3.8, 4) is 0 Å². The van der Waals surface area contributed by atoms with E-state index >= 15 is 0 Å². The molecule has 1 aromatic rings. The van der Waals surface area contributed by atoms with Gasteiger partial charge in [-0.15, -0.1) is 0 Å². The summed E-state index contributed by atoms with van der Waals surface area (Å²) in [7, 11) is 0. The van der Waals surface area contributed by atoms with Crippen LogP contribution in [0.4, 0.5) is 8.78 Å². The van der Waals surface area contributed by atoms with E-state index in [0.717, 1.165) is 17.2 Å². The number of hydrogen-bond acceptors (Lipinski definition) is 1. The molecule has 0 aliphatic carbocycles. The molecule has 0 bridgehead atoms. The fourth-order valence-corrected chi connectivity index (χ4v) is 1.23. The molecule has 1 nitrogen and oxygen atoms in total. The van der Waals surface area contributed by atoms with E-state index in [1.165, 1.54) is 6.07 Å². The van der Waals surface area contributed by atoms with E-state index in [0.29, 0.717) is 6.54 Å². The number of hydrogen-bond donors (Lipinski definition) is 1. The third-order valence-electron chi connectivity index (χ3n) is 2.15. The zero-order valence-corrected chi connectivity index (χ0v) is 8.98. The Kier molecular flexibility index (Phi) is 3.97. The molecule has 0 fully saturated rings. The Balaban J connectivity index is 2.69. The van der Waals surface area contributed by atoms with Gasteiger partial charge in [-0.2, -0.15) is 0 Å². The first-order valence-corrected chi connectivity index (χ1v) is 4.83. The Hall–Kier alpha value is -1.22. The lowest BCUT2D eigenvalue weighted by atomic mass is 10.1. The predicted molar refractivity (Wildman–Crippen MR) is 57.6 cm³/mol. The molecule has 1 N–H and O–H groups in total. The minimum atomic E-state index is -0.814.